The van der Waals surface area contributed by atoms with Gasteiger partial charge in [-0.2, -0.15) is 0 Å². The Balaban J connectivity index is 1.05. The number of para-hydroxylation sites is 1. The molecule has 0 unspecified atom stereocenters. The van der Waals surface area contributed by atoms with Gasteiger partial charge in [-0.3, -0.25) is 0 Å². The summed E-state index contributed by atoms with van der Waals surface area (Å²) in [4.78, 5) is 3.62. The van der Waals surface area contributed by atoms with Gasteiger partial charge < -0.3 is 9.64 Å². The summed E-state index contributed by atoms with van der Waals surface area (Å²) < 4.78 is 8.15. The Morgan fingerprint density at radius 1 is 0.397 bits per heavy atom. The number of anilines is 3. The van der Waals surface area contributed by atoms with Gasteiger partial charge in [0.15, 0.2) is 5.75 Å². The number of hydrogen-bond donors (Lipinski definition) is 0. The van der Waals surface area contributed by atoms with Crippen LogP contribution in [0.3, 0.4) is 0 Å². The summed E-state index contributed by atoms with van der Waals surface area (Å²) in [5, 5.41) is 3.63. The summed E-state index contributed by atoms with van der Waals surface area (Å²) in [5.74, 6) is 1.87. The van der Waals surface area contributed by atoms with Crippen LogP contribution >= 0.6 is 11.3 Å². The third kappa shape index (κ3) is 4.84. The molecule has 2 nitrogen and oxygen atoms in total. The van der Waals surface area contributed by atoms with E-state index in [0.29, 0.717) is 0 Å². The summed E-state index contributed by atoms with van der Waals surface area (Å²) >= 11 is 1.86. The summed E-state index contributed by atoms with van der Waals surface area (Å²) in [5.41, 5.74) is 14.0. The van der Waals surface area contributed by atoms with E-state index in [9.17, 15) is 0 Å². The Kier molecular flexibility index (Phi) is 7.35. The molecule has 3 heteroatoms. The number of nitrogens with zero attached hydrogens (tertiary/aromatic N) is 1. The van der Waals surface area contributed by atoms with E-state index in [1.165, 1.54) is 70.4 Å². The van der Waals surface area contributed by atoms with Crippen molar-refractivity contribution >= 4 is 49.3 Å². The van der Waals surface area contributed by atoms with Crippen LogP contribution in [0.1, 0.15) is 21.6 Å². The highest BCUT2D eigenvalue weighted by Crippen LogP contribution is 2.65. The highest BCUT2D eigenvalue weighted by atomic mass is 32.1. The van der Waals surface area contributed by atoms with E-state index in [4.69, 9.17) is 4.74 Å². The first-order chi connectivity index (χ1) is 28.8. The number of fused-ring (bicyclic) bond motifs is 12. The molecule has 0 saturated heterocycles. The van der Waals surface area contributed by atoms with Crippen molar-refractivity contribution in [1.29, 1.82) is 0 Å². The SMILES string of the molecule is c1ccc(-c2cccc(N(c3ccc(-c4cccc5ccccc45)cc3)c3ccc4c5c(sc4c3)C3(c4ccccc4O5)c4ccccc4-c4ccccc43)c2)cc1. The maximum absolute atomic E-state index is 6.96. The van der Waals surface area contributed by atoms with Gasteiger partial charge in [-0.15, -0.1) is 11.3 Å². The van der Waals surface area contributed by atoms with Gasteiger partial charge in [-0.05, 0) is 104 Å². The number of benzene rings is 9. The molecule has 0 radical (unpaired) electrons. The van der Waals surface area contributed by atoms with Gasteiger partial charge in [0.25, 0.3) is 0 Å². The van der Waals surface area contributed by atoms with Gasteiger partial charge in [-0.25, -0.2) is 0 Å². The van der Waals surface area contributed by atoms with Crippen molar-refractivity contribution in [2.75, 3.05) is 4.90 Å². The fraction of sp³-hybridized carbons (Fsp3) is 0.0182. The van der Waals surface area contributed by atoms with Gasteiger partial charge in [0.05, 0.1) is 10.3 Å². The van der Waals surface area contributed by atoms with Crippen LogP contribution in [0.5, 0.6) is 11.5 Å². The fourth-order valence-corrected chi connectivity index (χ4v) is 11.0. The fourth-order valence-electron chi connectivity index (χ4n) is 9.59. The average Bonchev–Trinajstić information content (AvgIpc) is 3.81. The lowest BCUT2D eigenvalue weighted by Gasteiger charge is -2.37. The second kappa shape index (κ2) is 12.9. The van der Waals surface area contributed by atoms with Crippen molar-refractivity contribution in [3.8, 4) is 44.9 Å². The van der Waals surface area contributed by atoms with Crippen LogP contribution in [0.4, 0.5) is 17.1 Å². The topological polar surface area (TPSA) is 12.5 Å². The summed E-state index contributed by atoms with van der Waals surface area (Å²) in [6.07, 6.45) is 0. The molecule has 272 valence electrons. The van der Waals surface area contributed by atoms with Crippen molar-refractivity contribution in [2.24, 2.45) is 0 Å². The molecular weight excluding hydrogens is 723 g/mol. The molecule has 12 rings (SSSR count). The van der Waals surface area contributed by atoms with Crippen LogP contribution in [0, 0.1) is 0 Å². The van der Waals surface area contributed by atoms with Crippen molar-refractivity contribution in [3.63, 3.8) is 0 Å². The zero-order valence-electron chi connectivity index (χ0n) is 31.5. The quantitative estimate of drug-likeness (QED) is 0.173. The molecule has 0 amide bonds. The second-order valence-electron chi connectivity index (χ2n) is 15.2. The van der Waals surface area contributed by atoms with Crippen LogP contribution in [-0.2, 0) is 5.41 Å². The molecular formula is C55H35NOS. The Hall–Kier alpha value is -7.20. The summed E-state index contributed by atoms with van der Waals surface area (Å²) in [6.45, 7) is 0. The third-order valence-electron chi connectivity index (χ3n) is 12.1. The van der Waals surface area contributed by atoms with E-state index in [1.54, 1.807) is 0 Å². The van der Waals surface area contributed by atoms with Gasteiger partial charge in [0.2, 0.25) is 0 Å². The Morgan fingerprint density at radius 3 is 1.81 bits per heavy atom. The maximum Gasteiger partial charge on any atom is 0.150 e. The highest BCUT2D eigenvalue weighted by molar-refractivity contribution is 7.19. The number of thiophene rings is 1. The Morgan fingerprint density at radius 2 is 1.00 bits per heavy atom. The predicted molar refractivity (Wildman–Crippen MR) is 242 cm³/mol. The number of ether oxygens (including phenoxy) is 1. The molecule has 0 saturated carbocycles. The lowest BCUT2D eigenvalue weighted by atomic mass is 9.69. The van der Waals surface area contributed by atoms with E-state index in [2.05, 4.69) is 217 Å². The predicted octanol–water partition coefficient (Wildman–Crippen LogP) is 15.3. The van der Waals surface area contributed by atoms with E-state index in [-0.39, 0.29) is 0 Å². The molecule has 1 spiro atoms. The average molecular weight is 758 g/mol. The van der Waals surface area contributed by atoms with Crippen molar-refractivity contribution < 1.29 is 4.74 Å². The molecule has 2 aliphatic rings. The second-order valence-corrected chi connectivity index (χ2v) is 16.3. The molecule has 0 N–H and O–H groups in total. The molecule has 1 aromatic heterocycles. The number of rotatable bonds is 5. The van der Waals surface area contributed by atoms with Crippen LogP contribution in [0.15, 0.2) is 212 Å². The van der Waals surface area contributed by atoms with Gasteiger partial charge >= 0.3 is 0 Å². The molecule has 9 aromatic carbocycles. The molecule has 2 heterocycles. The Bertz CT molecular complexity index is 3160. The van der Waals surface area contributed by atoms with Crippen LogP contribution in [0.2, 0.25) is 0 Å². The molecule has 0 fully saturated rings. The zero-order chi connectivity index (χ0) is 38.2. The normalized spacial score (nSPS) is 13.1. The summed E-state index contributed by atoms with van der Waals surface area (Å²) in [7, 11) is 0. The molecule has 58 heavy (non-hydrogen) atoms. The first-order valence-electron chi connectivity index (χ1n) is 19.8. The molecule has 0 bridgehead atoms. The van der Waals surface area contributed by atoms with Crippen molar-refractivity contribution in [2.45, 2.75) is 5.41 Å². The molecule has 1 aliphatic carbocycles. The van der Waals surface area contributed by atoms with Gasteiger partial charge in [0.1, 0.15) is 5.75 Å². The minimum atomic E-state index is -0.484. The minimum Gasteiger partial charge on any atom is -0.455 e. The van der Waals surface area contributed by atoms with E-state index in [1.807, 2.05) is 11.3 Å². The monoisotopic (exact) mass is 757 g/mol. The lowest BCUT2D eigenvalue weighted by molar-refractivity contribution is 0.447. The first-order valence-corrected chi connectivity index (χ1v) is 20.6. The smallest absolute Gasteiger partial charge is 0.150 e. The maximum atomic E-state index is 6.96. The molecule has 1 aliphatic heterocycles. The highest BCUT2D eigenvalue weighted by Gasteiger charge is 2.52. The number of hydrogen-bond acceptors (Lipinski definition) is 3. The molecule has 10 aromatic rings. The largest absolute Gasteiger partial charge is 0.455 e. The van der Waals surface area contributed by atoms with E-state index in [0.717, 1.165) is 33.9 Å². The standard InChI is InChI=1S/C55H35NOS/c1-2-14-36(15-3-1)39-18-12-19-41(34-39)56(40-30-28-38(29-31-40)44-23-13-17-37-16-4-5-20-43(37)44)42-32-33-47-52(35-42)58-54-53(47)57-51-27-11-10-26-50(51)55(54)48-24-8-6-21-45(48)46-22-7-9-25-49(46)55/h1-35H. The van der Waals surface area contributed by atoms with Gasteiger partial charge in [-0.1, -0.05) is 164 Å². The van der Waals surface area contributed by atoms with Gasteiger partial charge in [0, 0.05) is 32.7 Å². The Labute approximate surface area is 341 Å². The lowest BCUT2D eigenvalue weighted by Crippen LogP contribution is -2.30. The van der Waals surface area contributed by atoms with E-state index >= 15 is 0 Å². The first kappa shape index (κ1) is 33.0. The van der Waals surface area contributed by atoms with Crippen LogP contribution in [-0.4, -0.2) is 0 Å². The molecule has 0 atom stereocenters. The van der Waals surface area contributed by atoms with Crippen LogP contribution in [0.25, 0.3) is 54.2 Å². The zero-order valence-corrected chi connectivity index (χ0v) is 32.3. The van der Waals surface area contributed by atoms with Crippen molar-refractivity contribution in [1.82, 2.24) is 0 Å². The third-order valence-corrected chi connectivity index (χ3v) is 13.4. The van der Waals surface area contributed by atoms with Crippen molar-refractivity contribution in [3.05, 3.63) is 234 Å². The van der Waals surface area contributed by atoms with E-state index < -0.39 is 5.41 Å². The van der Waals surface area contributed by atoms with Crippen LogP contribution < -0.4 is 9.64 Å². The summed E-state index contributed by atoms with van der Waals surface area (Å²) in [6, 6.07) is 77.1. The minimum absolute atomic E-state index is 0.484.